The molecule has 40 heavy (non-hydrogen) atoms. The van der Waals surface area contributed by atoms with Crippen molar-refractivity contribution < 1.29 is 35.4 Å². The molecule has 1 saturated heterocycles. The van der Waals surface area contributed by atoms with E-state index in [4.69, 9.17) is 24.3 Å². The van der Waals surface area contributed by atoms with Crippen molar-refractivity contribution in [2.45, 2.75) is 30.1 Å². The average molecular weight is 645 g/mol. The fourth-order valence-electron chi connectivity index (χ4n) is 3.45. The molecule has 1 heterocycles. The van der Waals surface area contributed by atoms with Crippen LogP contribution >= 0.6 is 24.8 Å². The molecular formula is C23H35Cl2N5O8S2. The molecular weight excluding hydrogens is 609 g/mol. The zero-order valence-electron chi connectivity index (χ0n) is 22.1. The minimum atomic E-state index is -4.55. The molecule has 1 aliphatic heterocycles. The normalized spacial score (nSPS) is 14.5. The van der Waals surface area contributed by atoms with Crippen LogP contribution in [0, 0.1) is 6.92 Å². The first-order valence-electron chi connectivity index (χ1n) is 11.9. The third-order valence-electron chi connectivity index (χ3n) is 5.19. The SMILES string of the molecule is CCCONC(N)=NOc1cc(C)cc(OS(=O)(=O)c2ccccc2S(=O)(=O)NCCN2CCOCC2)c1.Cl.Cl. The zero-order valence-corrected chi connectivity index (χ0v) is 25.3. The second kappa shape index (κ2) is 16.8. The highest BCUT2D eigenvalue weighted by atomic mass is 35.5. The molecule has 2 aromatic rings. The van der Waals surface area contributed by atoms with Crippen molar-refractivity contribution in [1.82, 2.24) is 15.1 Å². The summed E-state index contributed by atoms with van der Waals surface area (Å²) in [5, 5.41) is 3.67. The number of ether oxygens (including phenoxy) is 1. The van der Waals surface area contributed by atoms with Crippen LogP contribution in [0.1, 0.15) is 18.9 Å². The first-order chi connectivity index (χ1) is 18.1. The van der Waals surface area contributed by atoms with E-state index < -0.39 is 29.9 Å². The smallest absolute Gasteiger partial charge is 0.340 e. The van der Waals surface area contributed by atoms with E-state index in [0.29, 0.717) is 45.0 Å². The highest BCUT2D eigenvalue weighted by molar-refractivity contribution is 7.91. The molecule has 3 rings (SSSR count). The lowest BCUT2D eigenvalue weighted by Crippen LogP contribution is -2.41. The van der Waals surface area contributed by atoms with Gasteiger partial charge in [0.25, 0.3) is 5.96 Å². The van der Waals surface area contributed by atoms with Gasteiger partial charge in [-0.2, -0.15) is 8.42 Å². The summed E-state index contributed by atoms with van der Waals surface area (Å²) in [6, 6.07) is 9.56. The standard InChI is InChI=1S/C23H33N5O8S2.2ClH/c1-3-12-34-26-23(24)27-35-19-15-18(2)16-20(17-19)36-38(31,32)22-7-5-4-6-21(22)37(29,30)25-8-9-28-10-13-33-14-11-28;;/h4-7,15-17,25H,3,8-14H2,1-2H3,(H3,24,26,27);2*1H. The van der Waals surface area contributed by atoms with Gasteiger partial charge in [-0.05, 0) is 48.3 Å². The van der Waals surface area contributed by atoms with Gasteiger partial charge in [-0.15, -0.1) is 24.8 Å². The van der Waals surface area contributed by atoms with E-state index in [0.717, 1.165) is 6.42 Å². The summed E-state index contributed by atoms with van der Waals surface area (Å²) in [4.78, 5) is 11.4. The van der Waals surface area contributed by atoms with E-state index >= 15 is 0 Å². The maximum Gasteiger partial charge on any atom is 0.340 e. The van der Waals surface area contributed by atoms with Crippen LogP contribution in [0.25, 0.3) is 0 Å². The van der Waals surface area contributed by atoms with Gasteiger partial charge >= 0.3 is 10.1 Å². The quantitative estimate of drug-likeness (QED) is 0.0955. The Balaban J connectivity index is 0.00000400. The van der Waals surface area contributed by atoms with Crippen LogP contribution in [0.5, 0.6) is 11.5 Å². The summed E-state index contributed by atoms with van der Waals surface area (Å²) >= 11 is 0. The lowest BCUT2D eigenvalue weighted by Gasteiger charge is -2.26. The van der Waals surface area contributed by atoms with Crippen LogP contribution in [0.2, 0.25) is 0 Å². The molecule has 0 radical (unpaired) electrons. The first kappa shape index (κ1) is 35.7. The maximum absolute atomic E-state index is 13.2. The number of halogens is 2. The van der Waals surface area contributed by atoms with Gasteiger partial charge in [-0.25, -0.2) is 18.6 Å². The molecule has 0 aliphatic carbocycles. The molecule has 0 bridgehead atoms. The monoisotopic (exact) mass is 643 g/mol. The number of aryl methyl sites for hydroxylation is 1. The van der Waals surface area contributed by atoms with Crippen molar-refractivity contribution in [2.24, 2.45) is 10.9 Å². The highest BCUT2D eigenvalue weighted by Crippen LogP contribution is 2.28. The van der Waals surface area contributed by atoms with Crippen molar-refractivity contribution in [2.75, 3.05) is 46.0 Å². The van der Waals surface area contributed by atoms with Crippen LogP contribution in [-0.4, -0.2) is 73.7 Å². The van der Waals surface area contributed by atoms with Gasteiger partial charge < -0.3 is 19.5 Å². The van der Waals surface area contributed by atoms with E-state index in [-0.39, 0.29) is 48.8 Å². The number of hydroxylamine groups is 1. The molecule has 0 amide bonds. The minimum Gasteiger partial charge on any atom is -0.379 e. The van der Waals surface area contributed by atoms with Crippen LogP contribution in [-0.2, 0) is 29.7 Å². The third kappa shape index (κ3) is 10.9. The van der Waals surface area contributed by atoms with E-state index in [9.17, 15) is 16.8 Å². The second-order valence-electron chi connectivity index (χ2n) is 8.34. The number of benzene rings is 2. The van der Waals surface area contributed by atoms with Crippen LogP contribution in [0.4, 0.5) is 0 Å². The Hall–Kier alpha value is -2.37. The van der Waals surface area contributed by atoms with Crippen LogP contribution in [0.3, 0.4) is 0 Å². The Labute approximate surface area is 247 Å². The van der Waals surface area contributed by atoms with E-state index in [1.165, 1.54) is 36.4 Å². The number of rotatable bonds is 13. The number of morpholine rings is 1. The summed E-state index contributed by atoms with van der Waals surface area (Å²) in [6.45, 7) is 7.17. The van der Waals surface area contributed by atoms with Crippen LogP contribution in [0.15, 0.2) is 57.4 Å². The number of guanidine groups is 1. The highest BCUT2D eigenvalue weighted by Gasteiger charge is 2.28. The van der Waals surface area contributed by atoms with Crippen molar-refractivity contribution in [3.8, 4) is 11.5 Å². The lowest BCUT2D eigenvalue weighted by atomic mass is 10.2. The fourth-order valence-corrected chi connectivity index (χ4v) is 6.19. The molecule has 0 unspecified atom stereocenters. The first-order valence-corrected chi connectivity index (χ1v) is 14.8. The zero-order chi connectivity index (χ0) is 27.6. The molecule has 0 spiro atoms. The van der Waals surface area contributed by atoms with Gasteiger partial charge in [-0.3, -0.25) is 9.74 Å². The number of hydrogen-bond acceptors (Lipinski definition) is 10. The summed E-state index contributed by atoms with van der Waals surface area (Å²) in [5.41, 5.74) is 8.64. The van der Waals surface area contributed by atoms with Gasteiger partial charge in [0.1, 0.15) is 15.5 Å². The van der Waals surface area contributed by atoms with Gasteiger partial charge in [0.15, 0.2) is 5.75 Å². The third-order valence-corrected chi connectivity index (χ3v) is 8.15. The Bertz CT molecular complexity index is 1320. The van der Waals surface area contributed by atoms with Crippen molar-refractivity contribution in [3.05, 3.63) is 48.0 Å². The summed E-state index contributed by atoms with van der Waals surface area (Å²) in [7, 11) is -8.70. The van der Waals surface area contributed by atoms with E-state index in [1.807, 2.05) is 6.92 Å². The number of nitrogens with two attached hydrogens (primary N) is 1. The molecule has 1 aliphatic rings. The van der Waals surface area contributed by atoms with Gasteiger partial charge in [0.2, 0.25) is 10.0 Å². The molecule has 17 heteroatoms. The molecule has 1 fully saturated rings. The van der Waals surface area contributed by atoms with Crippen molar-refractivity contribution >= 4 is 50.9 Å². The second-order valence-corrected chi connectivity index (χ2v) is 11.6. The summed E-state index contributed by atoms with van der Waals surface area (Å²) in [5.74, 6) is -0.104. The van der Waals surface area contributed by atoms with Gasteiger partial charge in [0, 0.05) is 32.2 Å². The molecule has 0 saturated carbocycles. The van der Waals surface area contributed by atoms with E-state index in [2.05, 4.69) is 20.3 Å². The molecule has 2 aromatic carbocycles. The molecule has 13 nitrogen and oxygen atoms in total. The van der Waals surface area contributed by atoms with E-state index in [1.54, 1.807) is 13.0 Å². The number of sulfonamides is 1. The number of nitrogens with one attached hydrogen (secondary N) is 2. The molecule has 0 aromatic heterocycles. The molecule has 0 atom stereocenters. The topological polar surface area (TPSA) is 171 Å². The lowest BCUT2D eigenvalue weighted by molar-refractivity contribution is 0.0390. The number of hydrogen-bond donors (Lipinski definition) is 3. The Morgan fingerprint density at radius 1 is 1.05 bits per heavy atom. The Morgan fingerprint density at radius 2 is 1.70 bits per heavy atom. The predicted molar refractivity (Wildman–Crippen MR) is 154 cm³/mol. The van der Waals surface area contributed by atoms with Crippen molar-refractivity contribution in [1.29, 1.82) is 0 Å². The minimum absolute atomic E-state index is 0. The predicted octanol–water partition coefficient (Wildman–Crippen LogP) is 1.76. The Kier molecular flexibility index (Phi) is 15.0. The van der Waals surface area contributed by atoms with Crippen LogP contribution < -0.4 is 25.0 Å². The molecule has 226 valence electrons. The van der Waals surface area contributed by atoms with Gasteiger partial charge in [-0.1, -0.05) is 19.1 Å². The van der Waals surface area contributed by atoms with Crippen molar-refractivity contribution in [3.63, 3.8) is 0 Å². The Morgan fingerprint density at radius 3 is 2.38 bits per heavy atom. The fraction of sp³-hybridized carbons (Fsp3) is 0.435. The summed E-state index contributed by atoms with van der Waals surface area (Å²) in [6.07, 6.45) is 0.767. The number of oxime groups is 1. The molecule has 4 N–H and O–H groups in total. The summed E-state index contributed by atoms with van der Waals surface area (Å²) < 4.78 is 65.4. The maximum atomic E-state index is 13.2. The largest absolute Gasteiger partial charge is 0.379 e. The van der Waals surface area contributed by atoms with Gasteiger partial charge in [0.05, 0.1) is 19.8 Å². The average Bonchev–Trinajstić information content (AvgIpc) is 2.88. The number of nitrogens with zero attached hydrogens (tertiary/aromatic N) is 2.